The average molecular weight is 234 g/mol. The molecule has 0 aliphatic carbocycles. The quantitative estimate of drug-likeness (QED) is 0.630. The van der Waals surface area contributed by atoms with E-state index in [2.05, 4.69) is 25.4 Å². The van der Waals surface area contributed by atoms with Gasteiger partial charge in [0, 0.05) is 13.0 Å². The summed E-state index contributed by atoms with van der Waals surface area (Å²) in [4.78, 5) is 22.0. The van der Waals surface area contributed by atoms with Gasteiger partial charge < -0.3 is 15.2 Å². The normalized spacial score (nSPS) is 18.9. The maximum absolute atomic E-state index is 10.9. The number of primary amides is 1. The minimum absolute atomic E-state index is 0.102. The maximum atomic E-state index is 10.9. The van der Waals surface area contributed by atoms with Gasteiger partial charge in [-0.15, -0.1) is 0 Å². The molecule has 0 saturated carbocycles. The van der Waals surface area contributed by atoms with E-state index in [1.807, 2.05) is 0 Å². The SMILES string of the molecule is NC(=O)c1noc(C2Cc3nc[nH]c3CN2)n1. The van der Waals surface area contributed by atoms with Gasteiger partial charge in [0.25, 0.3) is 11.7 Å². The number of aromatic nitrogens is 4. The van der Waals surface area contributed by atoms with E-state index in [0.29, 0.717) is 18.9 Å². The van der Waals surface area contributed by atoms with Crippen LogP contribution in [0.15, 0.2) is 10.9 Å². The van der Waals surface area contributed by atoms with E-state index in [4.69, 9.17) is 10.3 Å². The Labute approximate surface area is 95.6 Å². The van der Waals surface area contributed by atoms with Gasteiger partial charge in [-0.3, -0.25) is 10.1 Å². The number of nitrogens with one attached hydrogen (secondary N) is 2. The van der Waals surface area contributed by atoms with Gasteiger partial charge in [0.05, 0.1) is 23.8 Å². The third kappa shape index (κ3) is 1.68. The van der Waals surface area contributed by atoms with Crippen LogP contribution >= 0.6 is 0 Å². The largest absolute Gasteiger partial charge is 0.363 e. The fraction of sp³-hybridized carbons (Fsp3) is 0.333. The lowest BCUT2D eigenvalue weighted by Gasteiger charge is -2.19. The number of nitrogens with zero attached hydrogens (tertiary/aromatic N) is 3. The number of hydrogen-bond donors (Lipinski definition) is 3. The molecule has 17 heavy (non-hydrogen) atoms. The van der Waals surface area contributed by atoms with Crippen molar-refractivity contribution in [3.8, 4) is 0 Å². The van der Waals surface area contributed by atoms with Crippen LogP contribution in [0.5, 0.6) is 0 Å². The average Bonchev–Trinajstić information content (AvgIpc) is 2.97. The molecule has 0 radical (unpaired) electrons. The van der Waals surface area contributed by atoms with Crippen molar-refractivity contribution in [1.29, 1.82) is 0 Å². The number of fused-ring (bicyclic) bond motifs is 1. The molecule has 8 heteroatoms. The molecule has 2 aromatic rings. The van der Waals surface area contributed by atoms with Gasteiger partial charge in [-0.25, -0.2) is 4.98 Å². The minimum Gasteiger partial charge on any atom is -0.363 e. The summed E-state index contributed by atoms with van der Waals surface area (Å²) in [6.07, 6.45) is 2.29. The highest BCUT2D eigenvalue weighted by atomic mass is 16.5. The Morgan fingerprint density at radius 2 is 2.47 bits per heavy atom. The van der Waals surface area contributed by atoms with Gasteiger partial charge in [0.1, 0.15) is 0 Å². The first kappa shape index (κ1) is 9.97. The molecule has 1 amide bonds. The van der Waals surface area contributed by atoms with E-state index in [1.54, 1.807) is 6.33 Å². The van der Waals surface area contributed by atoms with E-state index in [0.717, 1.165) is 11.4 Å². The second kappa shape index (κ2) is 3.67. The van der Waals surface area contributed by atoms with E-state index in [-0.39, 0.29) is 11.9 Å². The number of aromatic amines is 1. The summed E-state index contributed by atoms with van der Waals surface area (Å²) in [6, 6.07) is -0.133. The number of H-pyrrole nitrogens is 1. The van der Waals surface area contributed by atoms with Crippen LogP contribution < -0.4 is 11.1 Å². The number of hydrogen-bond acceptors (Lipinski definition) is 6. The van der Waals surface area contributed by atoms with Crippen molar-refractivity contribution in [2.75, 3.05) is 0 Å². The Kier molecular flexibility index (Phi) is 2.15. The molecule has 1 aliphatic rings. The van der Waals surface area contributed by atoms with Gasteiger partial charge >= 0.3 is 0 Å². The number of nitrogens with two attached hydrogens (primary N) is 1. The summed E-state index contributed by atoms with van der Waals surface area (Å²) in [5.74, 6) is -0.446. The summed E-state index contributed by atoms with van der Waals surface area (Å²) in [5.41, 5.74) is 7.07. The Balaban J connectivity index is 1.84. The summed E-state index contributed by atoms with van der Waals surface area (Å²) in [5, 5.41) is 6.72. The summed E-state index contributed by atoms with van der Waals surface area (Å²) < 4.78 is 4.99. The predicted octanol–water partition coefficient (Wildman–Crippen LogP) is -0.721. The van der Waals surface area contributed by atoms with Crippen molar-refractivity contribution in [2.24, 2.45) is 5.73 Å². The van der Waals surface area contributed by atoms with E-state index < -0.39 is 5.91 Å². The maximum Gasteiger partial charge on any atom is 0.290 e. The smallest absolute Gasteiger partial charge is 0.290 e. The fourth-order valence-corrected chi connectivity index (χ4v) is 1.82. The van der Waals surface area contributed by atoms with Gasteiger partial charge in [-0.1, -0.05) is 5.16 Å². The highest BCUT2D eigenvalue weighted by Crippen LogP contribution is 2.22. The van der Waals surface area contributed by atoms with Crippen molar-refractivity contribution < 1.29 is 9.32 Å². The molecule has 1 unspecified atom stereocenters. The number of carbonyl (C=O) groups is 1. The third-order valence-electron chi connectivity index (χ3n) is 2.69. The second-order valence-corrected chi connectivity index (χ2v) is 3.79. The molecular weight excluding hydrogens is 224 g/mol. The Morgan fingerprint density at radius 3 is 3.24 bits per heavy atom. The first-order valence-electron chi connectivity index (χ1n) is 5.12. The van der Waals surface area contributed by atoms with E-state index >= 15 is 0 Å². The van der Waals surface area contributed by atoms with Crippen LogP contribution in [-0.2, 0) is 13.0 Å². The summed E-state index contributed by atoms with van der Waals surface area (Å²) >= 11 is 0. The topological polar surface area (TPSA) is 123 Å². The molecule has 8 nitrogen and oxygen atoms in total. The van der Waals surface area contributed by atoms with Crippen molar-refractivity contribution in [2.45, 2.75) is 19.0 Å². The highest BCUT2D eigenvalue weighted by Gasteiger charge is 2.26. The zero-order valence-corrected chi connectivity index (χ0v) is 8.80. The van der Waals surface area contributed by atoms with Gasteiger partial charge in [-0.05, 0) is 0 Å². The molecule has 0 fully saturated rings. The predicted molar refractivity (Wildman–Crippen MR) is 54.7 cm³/mol. The van der Waals surface area contributed by atoms with E-state index in [9.17, 15) is 4.79 Å². The van der Waals surface area contributed by atoms with Crippen LogP contribution in [0.2, 0.25) is 0 Å². The summed E-state index contributed by atoms with van der Waals surface area (Å²) in [7, 11) is 0. The molecule has 0 aromatic carbocycles. The molecule has 0 bridgehead atoms. The van der Waals surface area contributed by atoms with Crippen LogP contribution in [0.3, 0.4) is 0 Å². The molecule has 1 atom stereocenters. The molecule has 1 aliphatic heterocycles. The van der Waals surface area contributed by atoms with Gasteiger partial charge in [0.2, 0.25) is 5.89 Å². The van der Waals surface area contributed by atoms with Crippen molar-refractivity contribution in [3.05, 3.63) is 29.4 Å². The van der Waals surface area contributed by atoms with Crippen LogP contribution in [0.4, 0.5) is 0 Å². The molecule has 4 N–H and O–H groups in total. The zero-order chi connectivity index (χ0) is 11.8. The monoisotopic (exact) mass is 234 g/mol. The lowest BCUT2D eigenvalue weighted by Crippen LogP contribution is -2.29. The number of carbonyl (C=O) groups excluding carboxylic acids is 1. The molecule has 0 spiro atoms. The van der Waals surface area contributed by atoms with Crippen LogP contribution in [0, 0.1) is 0 Å². The Morgan fingerprint density at radius 1 is 1.59 bits per heavy atom. The highest BCUT2D eigenvalue weighted by molar-refractivity contribution is 5.88. The van der Waals surface area contributed by atoms with E-state index in [1.165, 1.54) is 0 Å². The van der Waals surface area contributed by atoms with Crippen molar-refractivity contribution in [3.63, 3.8) is 0 Å². The second-order valence-electron chi connectivity index (χ2n) is 3.79. The summed E-state index contributed by atoms with van der Waals surface area (Å²) in [6.45, 7) is 0.647. The van der Waals surface area contributed by atoms with Crippen LogP contribution in [-0.4, -0.2) is 26.0 Å². The van der Waals surface area contributed by atoms with Gasteiger partial charge in [-0.2, -0.15) is 4.98 Å². The molecule has 2 aromatic heterocycles. The van der Waals surface area contributed by atoms with Crippen LogP contribution in [0.25, 0.3) is 0 Å². The first-order valence-corrected chi connectivity index (χ1v) is 5.12. The molecular formula is C9H10N6O2. The zero-order valence-electron chi connectivity index (χ0n) is 8.80. The molecule has 88 valence electrons. The molecule has 3 heterocycles. The van der Waals surface area contributed by atoms with Crippen molar-refractivity contribution in [1.82, 2.24) is 25.4 Å². The lowest BCUT2D eigenvalue weighted by molar-refractivity contribution is 0.0987. The van der Waals surface area contributed by atoms with Gasteiger partial charge in [0.15, 0.2) is 0 Å². The third-order valence-corrected chi connectivity index (χ3v) is 2.69. The standard InChI is InChI=1S/C9H10N6O2/c10-7(16)8-14-9(17-15-8)5-1-4-6(2-11-5)13-3-12-4/h3,5,11H,1-2H2,(H2,10,16)(H,12,13). The fourth-order valence-electron chi connectivity index (χ4n) is 1.82. The number of imidazole rings is 1. The Hall–Kier alpha value is -2.22. The van der Waals surface area contributed by atoms with Crippen molar-refractivity contribution >= 4 is 5.91 Å². The Bertz CT molecular complexity index is 559. The molecule has 3 rings (SSSR count). The number of rotatable bonds is 2. The van der Waals surface area contributed by atoms with Crippen LogP contribution in [0.1, 0.15) is 33.9 Å². The first-order chi connectivity index (χ1) is 8.24. The minimum atomic E-state index is -0.698. The number of amides is 1. The lowest BCUT2D eigenvalue weighted by atomic mass is 10.1. The molecule has 0 saturated heterocycles.